The molecule has 0 spiro atoms. The zero-order valence-corrected chi connectivity index (χ0v) is 12.4. The Morgan fingerprint density at radius 2 is 1.95 bits per heavy atom. The van der Waals surface area contributed by atoms with Crippen molar-refractivity contribution in [2.45, 2.75) is 19.1 Å². The standard InChI is InChI=1S/C15H21N3O3/c1-18(9-13(19)11-20-2)10-15-17-16-14(21-15)8-12-6-4-3-5-7-12/h3-7,13,19H,8-11H2,1-2H3. The van der Waals surface area contributed by atoms with E-state index in [0.717, 1.165) is 5.56 Å². The smallest absolute Gasteiger partial charge is 0.230 e. The third-order valence-electron chi connectivity index (χ3n) is 2.99. The predicted octanol–water partition coefficient (Wildman–Crippen LogP) is 1.10. The van der Waals surface area contributed by atoms with Crippen LogP contribution in [0.4, 0.5) is 0 Å². The van der Waals surface area contributed by atoms with Gasteiger partial charge in [-0.25, -0.2) is 0 Å². The first-order valence-electron chi connectivity index (χ1n) is 6.88. The molecule has 0 saturated carbocycles. The lowest BCUT2D eigenvalue weighted by Crippen LogP contribution is -2.31. The molecular formula is C15H21N3O3. The molecule has 6 nitrogen and oxygen atoms in total. The third-order valence-corrected chi connectivity index (χ3v) is 2.99. The van der Waals surface area contributed by atoms with Crippen LogP contribution in [0.25, 0.3) is 0 Å². The molecule has 0 radical (unpaired) electrons. The minimum atomic E-state index is -0.522. The molecule has 0 amide bonds. The van der Waals surface area contributed by atoms with Crippen LogP contribution in [0.5, 0.6) is 0 Å². The number of likely N-dealkylation sites (N-methyl/N-ethyl adjacent to an activating group) is 1. The van der Waals surface area contributed by atoms with E-state index in [-0.39, 0.29) is 0 Å². The summed E-state index contributed by atoms with van der Waals surface area (Å²) in [5.74, 6) is 1.15. The first kappa shape index (κ1) is 15.6. The van der Waals surface area contributed by atoms with Gasteiger partial charge >= 0.3 is 0 Å². The lowest BCUT2D eigenvalue weighted by atomic mass is 10.2. The van der Waals surface area contributed by atoms with Crippen molar-refractivity contribution in [3.05, 3.63) is 47.7 Å². The number of rotatable bonds is 8. The van der Waals surface area contributed by atoms with Crippen molar-refractivity contribution in [2.24, 2.45) is 0 Å². The molecule has 0 bridgehead atoms. The van der Waals surface area contributed by atoms with Crippen LogP contribution in [0.15, 0.2) is 34.7 Å². The van der Waals surface area contributed by atoms with E-state index in [2.05, 4.69) is 10.2 Å². The van der Waals surface area contributed by atoms with E-state index in [9.17, 15) is 5.11 Å². The fourth-order valence-corrected chi connectivity index (χ4v) is 2.09. The molecule has 1 heterocycles. The van der Waals surface area contributed by atoms with Crippen LogP contribution in [-0.4, -0.2) is 53.6 Å². The SMILES string of the molecule is COCC(O)CN(C)Cc1nnc(Cc2ccccc2)o1. The Balaban J connectivity index is 1.85. The van der Waals surface area contributed by atoms with E-state index in [1.54, 1.807) is 7.11 Å². The fourth-order valence-electron chi connectivity index (χ4n) is 2.09. The average molecular weight is 291 g/mol. The number of methoxy groups -OCH3 is 1. The van der Waals surface area contributed by atoms with Crippen molar-refractivity contribution in [1.82, 2.24) is 15.1 Å². The minimum Gasteiger partial charge on any atom is -0.424 e. The molecule has 1 aromatic carbocycles. The summed E-state index contributed by atoms with van der Waals surface area (Å²) < 4.78 is 10.5. The van der Waals surface area contributed by atoms with Crippen molar-refractivity contribution >= 4 is 0 Å². The normalized spacial score (nSPS) is 12.8. The highest BCUT2D eigenvalue weighted by Crippen LogP contribution is 2.09. The van der Waals surface area contributed by atoms with Crippen molar-refractivity contribution in [2.75, 3.05) is 27.3 Å². The number of nitrogens with zero attached hydrogens (tertiary/aromatic N) is 3. The van der Waals surface area contributed by atoms with Crippen LogP contribution in [0.3, 0.4) is 0 Å². The average Bonchev–Trinajstić information content (AvgIpc) is 2.87. The molecule has 114 valence electrons. The van der Waals surface area contributed by atoms with Gasteiger partial charge in [-0.1, -0.05) is 30.3 Å². The second-order valence-electron chi connectivity index (χ2n) is 5.06. The maximum absolute atomic E-state index is 9.66. The molecule has 0 saturated heterocycles. The van der Waals surface area contributed by atoms with Crippen LogP contribution >= 0.6 is 0 Å². The summed E-state index contributed by atoms with van der Waals surface area (Å²) in [6.45, 7) is 1.31. The van der Waals surface area contributed by atoms with Gasteiger partial charge in [0.25, 0.3) is 0 Å². The van der Waals surface area contributed by atoms with Crippen LogP contribution in [0.1, 0.15) is 17.3 Å². The van der Waals surface area contributed by atoms with Gasteiger partial charge in [0.15, 0.2) is 0 Å². The molecule has 0 aliphatic carbocycles. The van der Waals surface area contributed by atoms with E-state index < -0.39 is 6.10 Å². The number of hydrogen-bond donors (Lipinski definition) is 1. The van der Waals surface area contributed by atoms with Crippen LogP contribution < -0.4 is 0 Å². The Morgan fingerprint density at radius 3 is 2.67 bits per heavy atom. The highest BCUT2D eigenvalue weighted by Gasteiger charge is 2.12. The maximum Gasteiger partial charge on any atom is 0.230 e. The summed E-state index contributed by atoms with van der Waals surface area (Å²) in [6.07, 6.45) is 0.107. The van der Waals surface area contributed by atoms with Gasteiger partial charge in [0, 0.05) is 13.7 Å². The molecule has 2 rings (SSSR count). The van der Waals surface area contributed by atoms with Gasteiger partial charge in [-0.3, -0.25) is 4.90 Å². The zero-order chi connectivity index (χ0) is 15.1. The zero-order valence-electron chi connectivity index (χ0n) is 12.4. The summed E-state index contributed by atoms with van der Waals surface area (Å²) in [4.78, 5) is 1.92. The van der Waals surface area contributed by atoms with E-state index in [4.69, 9.17) is 9.15 Å². The van der Waals surface area contributed by atoms with E-state index in [0.29, 0.717) is 37.9 Å². The monoisotopic (exact) mass is 291 g/mol. The minimum absolute atomic E-state index is 0.313. The topological polar surface area (TPSA) is 71.6 Å². The molecule has 0 fully saturated rings. The van der Waals surface area contributed by atoms with Gasteiger partial charge in [-0.2, -0.15) is 0 Å². The van der Waals surface area contributed by atoms with E-state index in [1.165, 1.54) is 0 Å². The number of ether oxygens (including phenoxy) is 1. The predicted molar refractivity (Wildman–Crippen MR) is 77.8 cm³/mol. The fraction of sp³-hybridized carbons (Fsp3) is 0.467. The Morgan fingerprint density at radius 1 is 1.24 bits per heavy atom. The lowest BCUT2D eigenvalue weighted by Gasteiger charge is -2.18. The molecule has 1 unspecified atom stereocenters. The molecule has 6 heteroatoms. The molecule has 1 aromatic heterocycles. The molecule has 21 heavy (non-hydrogen) atoms. The van der Waals surface area contributed by atoms with Gasteiger partial charge in [-0.05, 0) is 12.6 Å². The van der Waals surface area contributed by atoms with Crippen molar-refractivity contribution < 1.29 is 14.3 Å². The Labute approximate surface area is 124 Å². The maximum atomic E-state index is 9.66. The molecular weight excluding hydrogens is 270 g/mol. The highest BCUT2D eigenvalue weighted by atomic mass is 16.5. The van der Waals surface area contributed by atoms with E-state index >= 15 is 0 Å². The van der Waals surface area contributed by atoms with Gasteiger partial charge in [0.1, 0.15) is 0 Å². The van der Waals surface area contributed by atoms with Gasteiger partial charge < -0.3 is 14.3 Å². The quantitative estimate of drug-likeness (QED) is 0.785. The Kier molecular flexibility index (Phi) is 5.86. The number of aliphatic hydroxyl groups is 1. The lowest BCUT2D eigenvalue weighted by molar-refractivity contribution is 0.0403. The number of benzene rings is 1. The Bertz CT molecular complexity index is 530. The molecule has 0 aliphatic rings. The van der Waals surface area contributed by atoms with Gasteiger partial charge in [0.05, 0.1) is 25.7 Å². The molecule has 1 N–H and O–H groups in total. The second-order valence-corrected chi connectivity index (χ2v) is 5.06. The highest BCUT2D eigenvalue weighted by molar-refractivity contribution is 5.17. The van der Waals surface area contributed by atoms with Crippen LogP contribution in [0, 0.1) is 0 Å². The van der Waals surface area contributed by atoms with Gasteiger partial charge in [0.2, 0.25) is 11.8 Å². The summed E-state index contributed by atoms with van der Waals surface area (Å²) >= 11 is 0. The van der Waals surface area contributed by atoms with Crippen molar-refractivity contribution in [1.29, 1.82) is 0 Å². The Hall–Kier alpha value is -1.76. The summed E-state index contributed by atoms with van der Waals surface area (Å²) in [5, 5.41) is 17.7. The van der Waals surface area contributed by atoms with E-state index in [1.807, 2.05) is 42.3 Å². The van der Waals surface area contributed by atoms with Crippen LogP contribution in [0.2, 0.25) is 0 Å². The van der Waals surface area contributed by atoms with Crippen molar-refractivity contribution in [3.8, 4) is 0 Å². The molecule has 0 aliphatic heterocycles. The van der Waals surface area contributed by atoms with Crippen LogP contribution in [-0.2, 0) is 17.7 Å². The second kappa shape index (κ2) is 7.87. The first-order chi connectivity index (χ1) is 10.2. The number of aromatic nitrogens is 2. The summed E-state index contributed by atoms with van der Waals surface area (Å²) in [6, 6.07) is 9.99. The number of aliphatic hydroxyl groups excluding tert-OH is 1. The first-order valence-corrected chi connectivity index (χ1v) is 6.88. The largest absolute Gasteiger partial charge is 0.424 e. The van der Waals surface area contributed by atoms with Gasteiger partial charge in [-0.15, -0.1) is 10.2 Å². The summed E-state index contributed by atoms with van der Waals surface area (Å²) in [7, 11) is 3.46. The van der Waals surface area contributed by atoms with Crippen molar-refractivity contribution in [3.63, 3.8) is 0 Å². The number of hydrogen-bond acceptors (Lipinski definition) is 6. The third kappa shape index (κ3) is 5.26. The molecule has 1 atom stereocenters. The summed E-state index contributed by atoms with van der Waals surface area (Å²) in [5.41, 5.74) is 1.14. The molecule has 2 aromatic rings.